The molecule has 0 aromatic carbocycles. The van der Waals surface area contributed by atoms with E-state index in [1.807, 2.05) is 11.3 Å². The summed E-state index contributed by atoms with van der Waals surface area (Å²) in [5, 5.41) is 4.85. The lowest BCUT2D eigenvalue weighted by Crippen LogP contribution is -2.45. The molecule has 1 aromatic rings. The molecule has 0 radical (unpaired) electrons. The number of hydrogen-bond donors (Lipinski definition) is 1. The minimum Gasteiger partial charge on any atom is -0.314 e. The second-order valence-corrected chi connectivity index (χ2v) is 7.64. The molecule has 4 heteroatoms. The maximum atomic E-state index is 5.05. The quantitative estimate of drug-likeness (QED) is 0.903. The van der Waals surface area contributed by atoms with Crippen molar-refractivity contribution in [3.05, 3.63) is 15.6 Å². The van der Waals surface area contributed by atoms with Crippen LogP contribution in [0.3, 0.4) is 0 Å². The lowest BCUT2D eigenvalue weighted by Gasteiger charge is -2.33. The van der Waals surface area contributed by atoms with Crippen LogP contribution in [0, 0.1) is 5.92 Å². The normalized spacial score (nSPS) is 24.8. The van der Waals surface area contributed by atoms with Crippen LogP contribution in [0.4, 0.5) is 0 Å². The zero-order valence-electron chi connectivity index (χ0n) is 13.5. The number of aromatic nitrogens is 1. The van der Waals surface area contributed by atoms with Crippen LogP contribution in [0.1, 0.15) is 61.2 Å². The average Bonchev–Trinajstić information content (AvgIpc) is 2.92. The highest BCUT2D eigenvalue weighted by molar-refractivity contribution is 7.11. The first-order valence-corrected chi connectivity index (χ1v) is 9.56. The Morgan fingerprint density at radius 2 is 2.14 bits per heavy atom. The SMILES string of the molecule is CCCC1CCc2nc(C(CC)N3CCNCC3)sc2C1. The Hall–Kier alpha value is -0.450. The van der Waals surface area contributed by atoms with Gasteiger partial charge >= 0.3 is 0 Å². The fourth-order valence-corrected chi connectivity index (χ4v) is 5.29. The molecule has 2 heterocycles. The van der Waals surface area contributed by atoms with Gasteiger partial charge in [0.05, 0.1) is 11.7 Å². The van der Waals surface area contributed by atoms with E-state index in [2.05, 4.69) is 24.1 Å². The van der Waals surface area contributed by atoms with Gasteiger partial charge in [0.15, 0.2) is 0 Å². The van der Waals surface area contributed by atoms with Crippen molar-refractivity contribution < 1.29 is 0 Å². The number of nitrogens with one attached hydrogen (secondary N) is 1. The molecule has 0 spiro atoms. The molecule has 21 heavy (non-hydrogen) atoms. The standard InChI is InChI=1S/C17H29N3S/c1-3-5-13-6-7-14-16(12-13)21-17(19-14)15(4-2)20-10-8-18-9-11-20/h13,15,18H,3-12H2,1-2H3. The van der Waals surface area contributed by atoms with Gasteiger partial charge in [0.25, 0.3) is 0 Å². The number of thiazole rings is 1. The van der Waals surface area contributed by atoms with Gasteiger partial charge in [-0.05, 0) is 31.6 Å². The molecule has 3 rings (SSSR count). The van der Waals surface area contributed by atoms with Gasteiger partial charge in [-0.3, -0.25) is 4.90 Å². The van der Waals surface area contributed by atoms with Crippen LogP contribution in [0.2, 0.25) is 0 Å². The first-order chi connectivity index (χ1) is 10.3. The van der Waals surface area contributed by atoms with Crippen LogP contribution in [-0.2, 0) is 12.8 Å². The van der Waals surface area contributed by atoms with E-state index in [0.717, 1.165) is 19.0 Å². The highest BCUT2D eigenvalue weighted by Crippen LogP contribution is 2.36. The van der Waals surface area contributed by atoms with E-state index in [4.69, 9.17) is 4.98 Å². The highest BCUT2D eigenvalue weighted by atomic mass is 32.1. The van der Waals surface area contributed by atoms with E-state index in [1.165, 1.54) is 62.3 Å². The second kappa shape index (κ2) is 7.21. The molecule has 3 nitrogen and oxygen atoms in total. The van der Waals surface area contributed by atoms with E-state index < -0.39 is 0 Å². The summed E-state index contributed by atoms with van der Waals surface area (Å²) < 4.78 is 0. The molecule has 0 bridgehead atoms. The lowest BCUT2D eigenvalue weighted by atomic mass is 9.88. The van der Waals surface area contributed by atoms with Gasteiger partial charge in [-0.2, -0.15) is 0 Å². The zero-order valence-corrected chi connectivity index (χ0v) is 14.3. The third-order valence-electron chi connectivity index (χ3n) is 5.02. The smallest absolute Gasteiger partial charge is 0.110 e. The van der Waals surface area contributed by atoms with Crippen molar-refractivity contribution >= 4 is 11.3 Å². The molecule has 2 aliphatic rings. The van der Waals surface area contributed by atoms with Crippen LogP contribution in [0.25, 0.3) is 0 Å². The van der Waals surface area contributed by atoms with Crippen LogP contribution < -0.4 is 5.32 Å². The number of nitrogens with zero attached hydrogens (tertiary/aromatic N) is 2. The molecule has 2 atom stereocenters. The van der Waals surface area contributed by atoms with Crippen LogP contribution in [0.15, 0.2) is 0 Å². The molecule has 1 aliphatic heterocycles. The summed E-state index contributed by atoms with van der Waals surface area (Å²) in [6.45, 7) is 9.21. The van der Waals surface area contributed by atoms with Crippen molar-refractivity contribution in [1.29, 1.82) is 0 Å². The molecule has 1 fully saturated rings. The van der Waals surface area contributed by atoms with Gasteiger partial charge in [0.2, 0.25) is 0 Å². The Kier molecular flexibility index (Phi) is 5.30. The fraction of sp³-hybridized carbons (Fsp3) is 0.824. The topological polar surface area (TPSA) is 28.2 Å². The van der Waals surface area contributed by atoms with E-state index >= 15 is 0 Å². The van der Waals surface area contributed by atoms with Gasteiger partial charge in [-0.15, -0.1) is 11.3 Å². The van der Waals surface area contributed by atoms with Crippen molar-refractivity contribution in [3.63, 3.8) is 0 Å². The number of rotatable bonds is 5. The maximum absolute atomic E-state index is 5.05. The van der Waals surface area contributed by atoms with E-state index in [9.17, 15) is 0 Å². The zero-order chi connectivity index (χ0) is 14.7. The van der Waals surface area contributed by atoms with Crippen LogP contribution in [-0.4, -0.2) is 36.1 Å². The summed E-state index contributed by atoms with van der Waals surface area (Å²) in [5.41, 5.74) is 1.43. The number of fused-ring (bicyclic) bond motifs is 1. The summed E-state index contributed by atoms with van der Waals surface area (Å²) in [7, 11) is 0. The van der Waals surface area contributed by atoms with E-state index in [0.29, 0.717) is 6.04 Å². The van der Waals surface area contributed by atoms with Crippen molar-refractivity contribution in [2.24, 2.45) is 5.92 Å². The fourth-order valence-electron chi connectivity index (χ4n) is 3.84. The van der Waals surface area contributed by atoms with E-state index in [-0.39, 0.29) is 0 Å². The third-order valence-corrected chi connectivity index (χ3v) is 6.24. The first-order valence-electron chi connectivity index (χ1n) is 8.75. The lowest BCUT2D eigenvalue weighted by molar-refractivity contribution is 0.169. The van der Waals surface area contributed by atoms with Gasteiger partial charge in [-0.25, -0.2) is 4.98 Å². The molecular formula is C17H29N3S. The molecule has 1 N–H and O–H groups in total. The molecule has 0 amide bonds. The summed E-state index contributed by atoms with van der Waals surface area (Å²) in [6.07, 6.45) is 7.76. The molecule has 1 aromatic heterocycles. The minimum absolute atomic E-state index is 0.548. The third kappa shape index (κ3) is 3.49. The van der Waals surface area contributed by atoms with Crippen molar-refractivity contribution in [3.8, 4) is 0 Å². The molecule has 2 unspecified atom stereocenters. The molecular weight excluding hydrogens is 278 g/mol. The highest BCUT2D eigenvalue weighted by Gasteiger charge is 2.27. The van der Waals surface area contributed by atoms with Gasteiger partial charge < -0.3 is 5.32 Å². The van der Waals surface area contributed by atoms with Gasteiger partial charge in [-0.1, -0.05) is 26.7 Å². The summed E-state index contributed by atoms with van der Waals surface area (Å²) in [6, 6.07) is 0.548. The van der Waals surface area contributed by atoms with E-state index in [1.54, 1.807) is 4.88 Å². The van der Waals surface area contributed by atoms with Crippen LogP contribution >= 0.6 is 11.3 Å². The molecule has 1 aliphatic carbocycles. The average molecular weight is 308 g/mol. The monoisotopic (exact) mass is 307 g/mol. The Bertz CT molecular complexity index is 451. The summed E-state index contributed by atoms with van der Waals surface area (Å²) in [5.74, 6) is 0.912. The Morgan fingerprint density at radius 1 is 1.33 bits per heavy atom. The minimum atomic E-state index is 0.548. The molecule has 118 valence electrons. The van der Waals surface area contributed by atoms with Gasteiger partial charge in [0, 0.05) is 31.1 Å². The Labute approximate surface area is 133 Å². The number of aryl methyl sites for hydroxylation is 1. The first kappa shape index (κ1) is 15.4. The van der Waals surface area contributed by atoms with Crippen molar-refractivity contribution in [2.75, 3.05) is 26.2 Å². The predicted molar refractivity (Wildman–Crippen MR) is 90.0 cm³/mol. The molecule has 1 saturated heterocycles. The van der Waals surface area contributed by atoms with Crippen LogP contribution in [0.5, 0.6) is 0 Å². The Morgan fingerprint density at radius 3 is 2.86 bits per heavy atom. The van der Waals surface area contributed by atoms with Gasteiger partial charge in [0.1, 0.15) is 5.01 Å². The number of piperazine rings is 1. The van der Waals surface area contributed by atoms with Crippen molar-refractivity contribution in [2.45, 2.75) is 58.4 Å². The maximum Gasteiger partial charge on any atom is 0.110 e. The predicted octanol–water partition coefficient (Wildman–Crippen LogP) is 3.40. The summed E-state index contributed by atoms with van der Waals surface area (Å²) in [4.78, 5) is 9.28. The Balaban J connectivity index is 1.73. The number of hydrogen-bond acceptors (Lipinski definition) is 4. The van der Waals surface area contributed by atoms with Crippen molar-refractivity contribution in [1.82, 2.24) is 15.2 Å². The molecule has 0 saturated carbocycles. The largest absolute Gasteiger partial charge is 0.314 e. The summed E-state index contributed by atoms with van der Waals surface area (Å²) >= 11 is 2.02. The second-order valence-electron chi connectivity index (χ2n) is 6.53.